The second-order valence-corrected chi connectivity index (χ2v) is 4.14. The first kappa shape index (κ1) is 13.8. The van der Waals surface area contributed by atoms with E-state index in [4.69, 9.17) is 16.1 Å². The van der Waals surface area contributed by atoms with Crippen LogP contribution in [0.3, 0.4) is 0 Å². The van der Waals surface area contributed by atoms with E-state index in [0.29, 0.717) is 24.5 Å². The van der Waals surface area contributed by atoms with Crippen molar-refractivity contribution >= 4 is 17.5 Å². The van der Waals surface area contributed by atoms with Gasteiger partial charge in [0.2, 0.25) is 0 Å². The number of hydrogen-bond donors (Lipinski definition) is 2. The van der Waals surface area contributed by atoms with Crippen molar-refractivity contribution in [1.29, 1.82) is 5.26 Å². The molecule has 0 saturated carbocycles. The van der Waals surface area contributed by atoms with Crippen LogP contribution < -0.4 is 10.6 Å². The largest absolute Gasteiger partial charge is 0.478 e. The van der Waals surface area contributed by atoms with Crippen molar-refractivity contribution in [3.05, 3.63) is 17.8 Å². The molecule has 6 heteroatoms. The van der Waals surface area contributed by atoms with Crippen molar-refractivity contribution in [1.82, 2.24) is 4.98 Å². The molecule has 0 amide bonds. The second-order valence-electron chi connectivity index (χ2n) is 4.14. The average molecular weight is 248 g/mol. The van der Waals surface area contributed by atoms with Gasteiger partial charge >= 0.3 is 5.97 Å². The van der Waals surface area contributed by atoms with Gasteiger partial charge in [0.25, 0.3) is 0 Å². The number of nitrogen functional groups attached to an aromatic ring is 1. The molecule has 1 aromatic heterocycles. The monoisotopic (exact) mass is 248 g/mol. The number of nitriles is 1. The standard InChI is InChI=1S/C12H16N4O2/c1-8(2)16(5-3-4-13)11-10(14)6-9(7-15-11)12(17)18/h6-8H,3,5,14H2,1-2H3,(H,17,18). The Morgan fingerprint density at radius 2 is 2.33 bits per heavy atom. The third-order valence-electron chi connectivity index (χ3n) is 2.50. The van der Waals surface area contributed by atoms with E-state index >= 15 is 0 Å². The molecule has 0 fully saturated rings. The molecule has 3 N–H and O–H groups in total. The van der Waals surface area contributed by atoms with E-state index in [1.54, 1.807) is 0 Å². The maximum absolute atomic E-state index is 10.8. The summed E-state index contributed by atoms with van der Waals surface area (Å²) in [6.45, 7) is 4.44. The molecular formula is C12H16N4O2. The highest BCUT2D eigenvalue weighted by molar-refractivity contribution is 5.89. The number of anilines is 2. The first-order chi connectivity index (χ1) is 8.47. The number of hydrogen-bond acceptors (Lipinski definition) is 5. The van der Waals surface area contributed by atoms with Crippen molar-refractivity contribution in [2.75, 3.05) is 17.2 Å². The quantitative estimate of drug-likeness (QED) is 0.818. The lowest BCUT2D eigenvalue weighted by Gasteiger charge is -2.28. The predicted molar refractivity (Wildman–Crippen MR) is 68.3 cm³/mol. The van der Waals surface area contributed by atoms with Crippen molar-refractivity contribution in [3.8, 4) is 6.07 Å². The van der Waals surface area contributed by atoms with Gasteiger partial charge in [0.05, 0.1) is 23.7 Å². The van der Waals surface area contributed by atoms with Gasteiger partial charge in [0, 0.05) is 18.8 Å². The first-order valence-electron chi connectivity index (χ1n) is 5.59. The van der Waals surface area contributed by atoms with Crippen molar-refractivity contribution in [2.24, 2.45) is 0 Å². The van der Waals surface area contributed by atoms with Gasteiger partial charge in [-0.2, -0.15) is 5.26 Å². The molecule has 96 valence electrons. The summed E-state index contributed by atoms with van der Waals surface area (Å²) in [4.78, 5) is 16.8. The van der Waals surface area contributed by atoms with Gasteiger partial charge in [0.1, 0.15) is 0 Å². The number of aromatic carboxylic acids is 1. The van der Waals surface area contributed by atoms with Gasteiger partial charge in [-0.05, 0) is 19.9 Å². The van der Waals surface area contributed by atoms with Gasteiger partial charge < -0.3 is 15.7 Å². The van der Waals surface area contributed by atoms with Crippen LogP contribution in [-0.4, -0.2) is 28.6 Å². The molecule has 0 bridgehead atoms. The van der Waals surface area contributed by atoms with Crippen molar-refractivity contribution in [3.63, 3.8) is 0 Å². The van der Waals surface area contributed by atoms with Gasteiger partial charge in [-0.15, -0.1) is 0 Å². The van der Waals surface area contributed by atoms with Crippen molar-refractivity contribution < 1.29 is 9.90 Å². The van der Waals surface area contributed by atoms with E-state index in [1.807, 2.05) is 18.7 Å². The highest BCUT2D eigenvalue weighted by atomic mass is 16.4. The maximum atomic E-state index is 10.8. The van der Waals surface area contributed by atoms with E-state index in [9.17, 15) is 4.79 Å². The van der Waals surface area contributed by atoms with Crippen LogP contribution in [-0.2, 0) is 0 Å². The smallest absolute Gasteiger partial charge is 0.337 e. The van der Waals surface area contributed by atoms with E-state index in [2.05, 4.69) is 11.1 Å². The summed E-state index contributed by atoms with van der Waals surface area (Å²) < 4.78 is 0. The summed E-state index contributed by atoms with van der Waals surface area (Å²) in [5, 5.41) is 17.5. The molecule has 1 heterocycles. The SMILES string of the molecule is CC(C)N(CCC#N)c1ncc(C(=O)O)cc1N. The molecular weight excluding hydrogens is 232 g/mol. The Kier molecular flexibility index (Phi) is 4.49. The summed E-state index contributed by atoms with van der Waals surface area (Å²) in [5.74, 6) is -0.542. The van der Waals surface area contributed by atoms with Crippen LogP contribution in [0, 0.1) is 11.3 Å². The van der Waals surface area contributed by atoms with Crippen LogP contribution in [0.15, 0.2) is 12.3 Å². The molecule has 0 aliphatic heterocycles. The fourth-order valence-electron chi connectivity index (χ4n) is 1.61. The molecule has 0 aromatic carbocycles. The third-order valence-corrected chi connectivity index (χ3v) is 2.50. The van der Waals surface area contributed by atoms with E-state index < -0.39 is 5.97 Å². The molecule has 0 aliphatic rings. The van der Waals surface area contributed by atoms with E-state index in [0.717, 1.165) is 0 Å². The number of carbonyl (C=O) groups is 1. The highest BCUT2D eigenvalue weighted by Crippen LogP contribution is 2.23. The van der Waals surface area contributed by atoms with Crippen molar-refractivity contribution in [2.45, 2.75) is 26.3 Å². The fourth-order valence-corrected chi connectivity index (χ4v) is 1.61. The highest BCUT2D eigenvalue weighted by Gasteiger charge is 2.16. The van der Waals surface area contributed by atoms with Gasteiger partial charge in [-0.3, -0.25) is 0 Å². The Morgan fingerprint density at radius 3 is 2.78 bits per heavy atom. The number of carboxylic acids is 1. The van der Waals surface area contributed by atoms with Crippen LogP contribution in [0.4, 0.5) is 11.5 Å². The molecule has 0 aliphatic carbocycles. The number of aromatic nitrogens is 1. The number of nitrogens with two attached hydrogens (primary N) is 1. The Morgan fingerprint density at radius 1 is 1.67 bits per heavy atom. The van der Waals surface area contributed by atoms with Gasteiger partial charge in [-0.1, -0.05) is 0 Å². The molecule has 0 unspecified atom stereocenters. The molecule has 6 nitrogen and oxygen atoms in total. The molecule has 0 saturated heterocycles. The van der Waals surface area contributed by atoms with Crippen LogP contribution in [0.2, 0.25) is 0 Å². The molecule has 0 atom stereocenters. The normalized spacial score (nSPS) is 10.1. The summed E-state index contributed by atoms with van der Waals surface area (Å²) in [5.41, 5.74) is 6.18. The lowest BCUT2D eigenvalue weighted by Crippen LogP contribution is -2.33. The average Bonchev–Trinajstić information content (AvgIpc) is 2.30. The van der Waals surface area contributed by atoms with Gasteiger partial charge in [-0.25, -0.2) is 9.78 Å². The first-order valence-corrected chi connectivity index (χ1v) is 5.59. The number of pyridine rings is 1. The Balaban J connectivity index is 3.06. The van der Waals surface area contributed by atoms with Crippen LogP contribution in [0.25, 0.3) is 0 Å². The number of rotatable bonds is 5. The van der Waals surface area contributed by atoms with Crippen LogP contribution in [0.1, 0.15) is 30.6 Å². The second kappa shape index (κ2) is 5.87. The molecule has 1 aromatic rings. The lowest BCUT2D eigenvalue weighted by atomic mass is 10.2. The summed E-state index contributed by atoms with van der Waals surface area (Å²) >= 11 is 0. The van der Waals surface area contributed by atoms with E-state index in [1.165, 1.54) is 12.3 Å². The third kappa shape index (κ3) is 3.10. The summed E-state index contributed by atoms with van der Waals surface area (Å²) in [6.07, 6.45) is 1.63. The maximum Gasteiger partial charge on any atom is 0.337 e. The predicted octanol–water partition coefficient (Wildman–Crippen LogP) is 1.49. The number of nitrogens with zero attached hydrogens (tertiary/aromatic N) is 3. The Labute approximate surface area is 106 Å². The summed E-state index contributed by atoms with van der Waals surface area (Å²) in [7, 11) is 0. The Bertz CT molecular complexity index is 479. The van der Waals surface area contributed by atoms with E-state index in [-0.39, 0.29) is 11.6 Å². The van der Waals surface area contributed by atoms with Crippen LogP contribution >= 0.6 is 0 Å². The summed E-state index contributed by atoms with van der Waals surface area (Å²) in [6, 6.07) is 3.58. The lowest BCUT2D eigenvalue weighted by molar-refractivity contribution is 0.0696. The Hall–Kier alpha value is -2.29. The molecule has 0 radical (unpaired) electrons. The molecule has 1 rings (SSSR count). The zero-order chi connectivity index (χ0) is 13.7. The number of carboxylic acid groups (broad SMARTS) is 1. The zero-order valence-corrected chi connectivity index (χ0v) is 10.4. The molecule has 18 heavy (non-hydrogen) atoms. The van der Waals surface area contributed by atoms with Crippen LogP contribution in [0.5, 0.6) is 0 Å². The fraction of sp³-hybridized carbons (Fsp3) is 0.417. The minimum absolute atomic E-state index is 0.0558. The molecule has 0 spiro atoms. The topological polar surface area (TPSA) is 103 Å². The van der Waals surface area contributed by atoms with Gasteiger partial charge in [0.15, 0.2) is 5.82 Å². The zero-order valence-electron chi connectivity index (χ0n) is 10.4. The minimum atomic E-state index is -1.06. The minimum Gasteiger partial charge on any atom is -0.478 e.